The Morgan fingerprint density at radius 3 is 2.56 bits per heavy atom. The highest BCUT2D eigenvalue weighted by Crippen LogP contribution is 2.10. The molecule has 102 valence electrons. The number of halogens is 1. The molecule has 6 heteroatoms. The third-order valence-corrected chi connectivity index (χ3v) is 3.79. The molecule has 0 bridgehead atoms. The van der Waals surface area contributed by atoms with Crippen LogP contribution in [0.2, 0.25) is 0 Å². The van der Waals surface area contributed by atoms with E-state index < -0.39 is 10.0 Å². The highest BCUT2D eigenvalue weighted by molar-refractivity contribution is 7.89. The second-order valence-corrected chi connectivity index (χ2v) is 5.80. The fourth-order valence-corrected chi connectivity index (χ4v) is 2.50. The van der Waals surface area contributed by atoms with Crippen molar-refractivity contribution < 1.29 is 17.5 Å². The first-order valence-electron chi connectivity index (χ1n) is 5.89. The summed E-state index contributed by atoms with van der Waals surface area (Å²) in [5, 5.41) is 0. The quantitative estimate of drug-likeness (QED) is 0.737. The van der Waals surface area contributed by atoms with Crippen LogP contribution >= 0.6 is 0 Å². The predicted molar refractivity (Wildman–Crippen MR) is 68.6 cm³/mol. The van der Waals surface area contributed by atoms with Crippen molar-refractivity contribution in [3.05, 3.63) is 30.1 Å². The predicted octanol–water partition coefficient (Wildman–Crippen LogP) is 1.92. The van der Waals surface area contributed by atoms with E-state index in [9.17, 15) is 12.8 Å². The zero-order chi connectivity index (χ0) is 13.4. The summed E-state index contributed by atoms with van der Waals surface area (Å²) in [6.07, 6.45) is 1.17. The van der Waals surface area contributed by atoms with Gasteiger partial charge in [-0.1, -0.05) is 6.92 Å². The normalized spacial score (nSPS) is 11.4. The van der Waals surface area contributed by atoms with Crippen LogP contribution in [0.25, 0.3) is 0 Å². The second-order valence-electron chi connectivity index (χ2n) is 3.87. The molecule has 0 saturated heterocycles. The van der Waals surface area contributed by atoms with Gasteiger partial charge in [0.1, 0.15) is 11.6 Å². The average molecular weight is 275 g/mol. The van der Waals surface area contributed by atoms with Gasteiger partial charge in [0.15, 0.2) is 0 Å². The van der Waals surface area contributed by atoms with Crippen LogP contribution in [0.15, 0.2) is 24.3 Å². The lowest BCUT2D eigenvalue weighted by atomic mass is 10.3. The van der Waals surface area contributed by atoms with Gasteiger partial charge in [0.05, 0.1) is 12.4 Å². The standard InChI is InChI=1S/C12H18FNO3S/c1-2-10-18(15,16)14-8-3-9-17-12-6-4-11(13)5-7-12/h4-7,14H,2-3,8-10H2,1H3. The van der Waals surface area contributed by atoms with Gasteiger partial charge in [0.25, 0.3) is 0 Å². The monoisotopic (exact) mass is 275 g/mol. The van der Waals surface area contributed by atoms with Crippen LogP contribution in [-0.2, 0) is 10.0 Å². The summed E-state index contributed by atoms with van der Waals surface area (Å²) in [5.41, 5.74) is 0. The minimum absolute atomic E-state index is 0.145. The van der Waals surface area contributed by atoms with Crippen molar-refractivity contribution in [3.63, 3.8) is 0 Å². The molecule has 1 aromatic rings. The first kappa shape index (κ1) is 14.9. The highest BCUT2D eigenvalue weighted by atomic mass is 32.2. The Morgan fingerprint density at radius 2 is 1.94 bits per heavy atom. The Balaban J connectivity index is 2.18. The molecule has 0 saturated carbocycles. The Bertz CT molecular complexity index is 445. The van der Waals surface area contributed by atoms with Crippen molar-refractivity contribution in [1.82, 2.24) is 4.72 Å². The summed E-state index contributed by atoms with van der Waals surface area (Å²) in [6.45, 7) is 2.56. The van der Waals surface area contributed by atoms with E-state index >= 15 is 0 Å². The molecule has 0 spiro atoms. The molecule has 1 N–H and O–H groups in total. The molecular formula is C12H18FNO3S. The van der Waals surface area contributed by atoms with Crippen LogP contribution in [0.1, 0.15) is 19.8 Å². The van der Waals surface area contributed by atoms with Gasteiger partial charge >= 0.3 is 0 Å². The van der Waals surface area contributed by atoms with E-state index in [-0.39, 0.29) is 11.6 Å². The van der Waals surface area contributed by atoms with Gasteiger partial charge in [0, 0.05) is 6.54 Å². The molecular weight excluding hydrogens is 257 g/mol. The van der Waals surface area contributed by atoms with Gasteiger partial charge in [-0.05, 0) is 37.1 Å². The summed E-state index contributed by atoms with van der Waals surface area (Å²) in [6, 6.07) is 5.71. The van der Waals surface area contributed by atoms with Crippen LogP contribution in [0.5, 0.6) is 5.75 Å². The van der Waals surface area contributed by atoms with Crippen molar-refractivity contribution in [2.24, 2.45) is 0 Å². The molecule has 0 aromatic heterocycles. The van der Waals surface area contributed by atoms with Crippen LogP contribution in [0.3, 0.4) is 0 Å². The van der Waals surface area contributed by atoms with Gasteiger partial charge < -0.3 is 4.74 Å². The van der Waals surface area contributed by atoms with E-state index in [1.807, 2.05) is 6.92 Å². The average Bonchev–Trinajstić information content (AvgIpc) is 2.31. The number of sulfonamides is 1. The molecule has 0 radical (unpaired) electrons. The lowest BCUT2D eigenvalue weighted by molar-refractivity contribution is 0.311. The van der Waals surface area contributed by atoms with Gasteiger partial charge in [0.2, 0.25) is 10.0 Å². The maximum atomic E-state index is 12.6. The molecule has 0 heterocycles. The van der Waals surface area contributed by atoms with Gasteiger partial charge in [-0.3, -0.25) is 0 Å². The Morgan fingerprint density at radius 1 is 1.28 bits per heavy atom. The number of hydrogen-bond acceptors (Lipinski definition) is 3. The number of ether oxygens (including phenoxy) is 1. The lowest BCUT2D eigenvalue weighted by Gasteiger charge is -2.07. The smallest absolute Gasteiger partial charge is 0.211 e. The van der Waals surface area contributed by atoms with Crippen molar-refractivity contribution in [2.75, 3.05) is 18.9 Å². The van der Waals surface area contributed by atoms with E-state index in [1.54, 1.807) is 0 Å². The maximum Gasteiger partial charge on any atom is 0.211 e. The SMILES string of the molecule is CCCS(=O)(=O)NCCCOc1ccc(F)cc1. The fraction of sp³-hybridized carbons (Fsp3) is 0.500. The molecule has 0 aliphatic rings. The van der Waals surface area contributed by atoms with Crippen LogP contribution < -0.4 is 9.46 Å². The molecule has 1 aromatic carbocycles. The largest absolute Gasteiger partial charge is 0.494 e. The number of hydrogen-bond donors (Lipinski definition) is 1. The highest BCUT2D eigenvalue weighted by Gasteiger charge is 2.06. The molecule has 0 unspecified atom stereocenters. The van der Waals surface area contributed by atoms with E-state index in [0.29, 0.717) is 31.7 Å². The molecule has 0 fully saturated rings. The summed E-state index contributed by atoms with van der Waals surface area (Å²) >= 11 is 0. The fourth-order valence-electron chi connectivity index (χ4n) is 1.36. The van der Waals surface area contributed by atoms with E-state index in [4.69, 9.17) is 4.74 Å². The van der Waals surface area contributed by atoms with Crippen LogP contribution in [-0.4, -0.2) is 27.3 Å². The summed E-state index contributed by atoms with van der Waals surface area (Å²) in [5.74, 6) is 0.411. The lowest BCUT2D eigenvalue weighted by Crippen LogP contribution is -2.27. The molecule has 1 rings (SSSR count). The molecule has 0 aliphatic heterocycles. The third kappa shape index (κ3) is 5.97. The number of nitrogens with one attached hydrogen (secondary N) is 1. The second kappa shape index (κ2) is 7.33. The minimum atomic E-state index is -3.14. The summed E-state index contributed by atoms with van der Waals surface area (Å²) < 4.78 is 43.0. The zero-order valence-electron chi connectivity index (χ0n) is 10.4. The topological polar surface area (TPSA) is 55.4 Å². The van der Waals surface area contributed by atoms with Crippen LogP contribution in [0.4, 0.5) is 4.39 Å². The maximum absolute atomic E-state index is 12.6. The van der Waals surface area contributed by atoms with E-state index in [2.05, 4.69) is 4.72 Å². The summed E-state index contributed by atoms with van der Waals surface area (Å²) in [4.78, 5) is 0. The molecule has 4 nitrogen and oxygen atoms in total. The zero-order valence-corrected chi connectivity index (χ0v) is 11.2. The molecule has 0 aliphatic carbocycles. The van der Waals surface area contributed by atoms with Crippen molar-refractivity contribution in [2.45, 2.75) is 19.8 Å². The first-order valence-corrected chi connectivity index (χ1v) is 7.54. The molecule has 0 amide bonds. The van der Waals surface area contributed by atoms with E-state index in [1.165, 1.54) is 24.3 Å². The summed E-state index contributed by atoms with van der Waals surface area (Å²) in [7, 11) is -3.14. The number of benzene rings is 1. The molecule has 0 atom stereocenters. The van der Waals surface area contributed by atoms with Crippen molar-refractivity contribution in [1.29, 1.82) is 0 Å². The van der Waals surface area contributed by atoms with Crippen LogP contribution in [0, 0.1) is 5.82 Å². The Labute approximate surface area is 107 Å². The third-order valence-electron chi connectivity index (χ3n) is 2.20. The Kier molecular flexibility index (Phi) is 6.07. The van der Waals surface area contributed by atoms with E-state index in [0.717, 1.165) is 0 Å². The minimum Gasteiger partial charge on any atom is -0.494 e. The molecule has 18 heavy (non-hydrogen) atoms. The van der Waals surface area contributed by atoms with Gasteiger partial charge in [-0.15, -0.1) is 0 Å². The number of rotatable bonds is 8. The first-order chi connectivity index (χ1) is 8.53. The van der Waals surface area contributed by atoms with Gasteiger partial charge in [-0.25, -0.2) is 17.5 Å². The Hall–Kier alpha value is -1.14. The van der Waals surface area contributed by atoms with Crippen molar-refractivity contribution in [3.8, 4) is 5.75 Å². The van der Waals surface area contributed by atoms with Gasteiger partial charge in [-0.2, -0.15) is 0 Å². The van der Waals surface area contributed by atoms with Crippen molar-refractivity contribution >= 4 is 10.0 Å².